The topological polar surface area (TPSA) is 20.3 Å². The Labute approximate surface area is 125 Å². The van der Waals surface area contributed by atoms with Crippen LogP contribution in [0.1, 0.15) is 29.8 Å². The van der Waals surface area contributed by atoms with E-state index in [0.717, 1.165) is 5.56 Å². The van der Waals surface area contributed by atoms with Gasteiger partial charge in [-0.25, -0.2) is 0 Å². The number of carbonyl (C=O) groups excluding carboxylic acids is 1. The molecule has 0 aromatic heterocycles. The van der Waals surface area contributed by atoms with Gasteiger partial charge in [0, 0.05) is 12.6 Å². The molecule has 0 aliphatic heterocycles. The van der Waals surface area contributed by atoms with Gasteiger partial charge in [0.05, 0.1) is 10.6 Å². The normalized spacial score (nSPS) is 10.6. The fraction of sp³-hybridized carbons (Fsp3) is 0.235. The third kappa shape index (κ3) is 3.40. The molecule has 0 heterocycles. The van der Waals surface area contributed by atoms with Gasteiger partial charge in [-0.2, -0.15) is 0 Å². The van der Waals surface area contributed by atoms with Crippen LogP contribution in [0.5, 0.6) is 0 Å². The SMILES string of the molecule is CC(C)N(Cc1ccccc1)C(=O)c1ccccc1Cl. The second-order valence-electron chi connectivity index (χ2n) is 4.99. The fourth-order valence-corrected chi connectivity index (χ4v) is 2.27. The molecule has 2 aromatic carbocycles. The first-order valence-electron chi connectivity index (χ1n) is 6.69. The zero-order chi connectivity index (χ0) is 14.5. The van der Waals surface area contributed by atoms with Crippen LogP contribution < -0.4 is 0 Å². The van der Waals surface area contributed by atoms with E-state index in [4.69, 9.17) is 11.6 Å². The first kappa shape index (κ1) is 14.6. The van der Waals surface area contributed by atoms with Gasteiger partial charge >= 0.3 is 0 Å². The molecule has 104 valence electrons. The van der Waals surface area contributed by atoms with E-state index in [1.54, 1.807) is 12.1 Å². The molecule has 2 nitrogen and oxygen atoms in total. The van der Waals surface area contributed by atoms with Crippen LogP contribution in [-0.2, 0) is 6.54 Å². The van der Waals surface area contributed by atoms with E-state index >= 15 is 0 Å². The Balaban J connectivity index is 2.25. The monoisotopic (exact) mass is 287 g/mol. The number of carbonyl (C=O) groups is 1. The first-order chi connectivity index (χ1) is 9.59. The minimum absolute atomic E-state index is 0.0329. The van der Waals surface area contributed by atoms with Gasteiger partial charge in [0.15, 0.2) is 0 Å². The van der Waals surface area contributed by atoms with Crippen molar-refractivity contribution in [1.29, 1.82) is 0 Å². The fourth-order valence-electron chi connectivity index (χ4n) is 2.06. The van der Waals surface area contributed by atoms with Crippen LogP contribution in [0.15, 0.2) is 54.6 Å². The van der Waals surface area contributed by atoms with Crippen LogP contribution in [-0.4, -0.2) is 16.8 Å². The molecule has 0 saturated carbocycles. The summed E-state index contributed by atoms with van der Waals surface area (Å²) >= 11 is 6.12. The van der Waals surface area contributed by atoms with Gasteiger partial charge in [-0.05, 0) is 31.5 Å². The lowest BCUT2D eigenvalue weighted by Crippen LogP contribution is -2.36. The number of hydrogen-bond donors (Lipinski definition) is 0. The Morgan fingerprint density at radius 3 is 2.25 bits per heavy atom. The van der Waals surface area contributed by atoms with Gasteiger partial charge in [-0.3, -0.25) is 4.79 Å². The maximum atomic E-state index is 12.7. The van der Waals surface area contributed by atoms with E-state index in [1.807, 2.05) is 61.2 Å². The standard InChI is InChI=1S/C17H18ClNO/c1-13(2)19(12-14-8-4-3-5-9-14)17(20)15-10-6-7-11-16(15)18/h3-11,13H,12H2,1-2H3. The summed E-state index contributed by atoms with van der Waals surface area (Å²) in [6.07, 6.45) is 0. The van der Waals surface area contributed by atoms with Crippen molar-refractivity contribution in [2.75, 3.05) is 0 Å². The Hall–Kier alpha value is -1.80. The average molecular weight is 288 g/mol. The van der Waals surface area contributed by atoms with Crippen molar-refractivity contribution in [3.63, 3.8) is 0 Å². The first-order valence-corrected chi connectivity index (χ1v) is 7.07. The molecule has 0 N–H and O–H groups in total. The highest BCUT2D eigenvalue weighted by Gasteiger charge is 2.20. The lowest BCUT2D eigenvalue weighted by atomic mass is 10.1. The molecule has 1 amide bonds. The van der Waals surface area contributed by atoms with Crippen LogP contribution in [0.25, 0.3) is 0 Å². The van der Waals surface area contributed by atoms with Crippen molar-refractivity contribution in [2.45, 2.75) is 26.4 Å². The maximum Gasteiger partial charge on any atom is 0.255 e. The Kier molecular flexibility index (Phi) is 4.80. The highest BCUT2D eigenvalue weighted by atomic mass is 35.5. The van der Waals surface area contributed by atoms with Crippen molar-refractivity contribution in [3.8, 4) is 0 Å². The second-order valence-corrected chi connectivity index (χ2v) is 5.40. The number of hydrogen-bond acceptors (Lipinski definition) is 1. The highest BCUT2D eigenvalue weighted by Crippen LogP contribution is 2.20. The van der Waals surface area contributed by atoms with Crippen LogP contribution in [0.4, 0.5) is 0 Å². The van der Waals surface area contributed by atoms with E-state index in [2.05, 4.69) is 0 Å². The van der Waals surface area contributed by atoms with Crippen LogP contribution >= 0.6 is 11.6 Å². The summed E-state index contributed by atoms with van der Waals surface area (Å²) in [6, 6.07) is 17.3. The van der Waals surface area contributed by atoms with Gasteiger partial charge in [-0.1, -0.05) is 54.1 Å². The largest absolute Gasteiger partial charge is 0.332 e. The molecular formula is C17H18ClNO. The smallest absolute Gasteiger partial charge is 0.255 e. The molecule has 0 unspecified atom stereocenters. The molecule has 2 aromatic rings. The minimum Gasteiger partial charge on any atom is -0.332 e. The van der Waals surface area contributed by atoms with Gasteiger partial charge in [0.2, 0.25) is 0 Å². The maximum absolute atomic E-state index is 12.7. The summed E-state index contributed by atoms with van der Waals surface area (Å²) < 4.78 is 0. The Bertz CT molecular complexity index is 581. The summed E-state index contributed by atoms with van der Waals surface area (Å²) in [5.41, 5.74) is 1.67. The van der Waals surface area contributed by atoms with Crippen molar-refractivity contribution < 1.29 is 4.79 Å². The quantitative estimate of drug-likeness (QED) is 0.816. The predicted octanol–water partition coefficient (Wildman–Crippen LogP) is 4.39. The second kappa shape index (κ2) is 6.58. The number of halogens is 1. The summed E-state index contributed by atoms with van der Waals surface area (Å²) in [5.74, 6) is -0.0329. The zero-order valence-corrected chi connectivity index (χ0v) is 12.5. The third-order valence-corrected chi connectivity index (χ3v) is 3.51. The van der Waals surface area contributed by atoms with Gasteiger partial charge in [0.1, 0.15) is 0 Å². The lowest BCUT2D eigenvalue weighted by molar-refractivity contribution is 0.0690. The number of amides is 1. The van der Waals surface area contributed by atoms with Crippen molar-refractivity contribution >= 4 is 17.5 Å². The van der Waals surface area contributed by atoms with Crippen LogP contribution in [0, 0.1) is 0 Å². The minimum atomic E-state index is -0.0329. The van der Waals surface area contributed by atoms with Crippen molar-refractivity contribution in [3.05, 3.63) is 70.7 Å². The molecule has 0 fully saturated rings. The molecule has 0 saturated heterocycles. The average Bonchev–Trinajstić information content (AvgIpc) is 2.45. The molecule has 0 bridgehead atoms. The summed E-state index contributed by atoms with van der Waals surface area (Å²) in [7, 11) is 0. The van der Waals surface area contributed by atoms with E-state index in [0.29, 0.717) is 17.1 Å². The Morgan fingerprint density at radius 1 is 1.05 bits per heavy atom. The van der Waals surface area contributed by atoms with E-state index < -0.39 is 0 Å². The van der Waals surface area contributed by atoms with Crippen molar-refractivity contribution in [2.24, 2.45) is 0 Å². The van der Waals surface area contributed by atoms with Gasteiger partial charge in [0.25, 0.3) is 5.91 Å². The highest BCUT2D eigenvalue weighted by molar-refractivity contribution is 6.33. The Morgan fingerprint density at radius 2 is 1.65 bits per heavy atom. The molecule has 0 aliphatic carbocycles. The summed E-state index contributed by atoms with van der Waals surface area (Å²) in [4.78, 5) is 14.5. The summed E-state index contributed by atoms with van der Waals surface area (Å²) in [6.45, 7) is 4.61. The van der Waals surface area contributed by atoms with E-state index in [-0.39, 0.29) is 11.9 Å². The molecule has 20 heavy (non-hydrogen) atoms. The molecular weight excluding hydrogens is 270 g/mol. The number of nitrogens with zero attached hydrogens (tertiary/aromatic N) is 1. The van der Waals surface area contributed by atoms with E-state index in [1.165, 1.54) is 0 Å². The summed E-state index contributed by atoms with van der Waals surface area (Å²) in [5, 5.41) is 0.496. The third-order valence-electron chi connectivity index (χ3n) is 3.18. The zero-order valence-electron chi connectivity index (χ0n) is 11.7. The number of benzene rings is 2. The molecule has 0 spiro atoms. The number of rotatable bonds is 4. The molecule has 2 rings (SSSR count). The molecule has 0 atom stereocenters. The van der Waals surface area contributed by atoms with Gasteiger partial charge in [-0.15, -0.1) is 0 Å². The van der Waals surface area contributed by atoms with Gasteiger partial charge < -0.3 is 4.90 Å². The predicted molar refractivity (Wildman–Crippen MR) is 82.9 cm³/mol. The van der Waals surface area contributed by atoms with Crippen LogP contribution in [0.3, 0.4) is 0 Å². The molecule has 0 aliphatic rings. The van der Waals surface area contributed by atoms with Crippen LogP contribution in [0.2, 0.25) is 5.02 Å². The lowest BCUT2D eigenvalue weighted by Gasteiger charge is -2.27. The van der Waals surface area contributed by atoms with E-state index in [9.17, 15) is 4.79 Å². The molecule has 3 heteroatoms. The molecule has 0 radical (unpaired) electrons. The van der Waals surface area contributed by atoms with Crippen molar-refractivity contribution in [1.82, 2.24) is 4.90 Å².